The Morgan fingerprint density at radius 2 is 2.09 bits per heavy atom. The molecule has 4 nitrogen and oxygen atoms in total. The summed E-state index contributed by atoms with van der Waals surface area (Å²) in [6.45, 7) is 3.98. The molecule has 2 atom stereocenters. The van der Waals surface area contributed by atoms with Gasteiger partial charge in [0.15, 0.2) is 11.5 Å². The summed E-state index contributed by atoms with van der Waals surface area (Å²) in [6, 6.07) is 10.1. The molecule has 0 radical (unpaired) electrons. The predicted octanol–water partition coefficient (Wildman–Crippen LogP) is 3.12. The molecule has 0 aliphatic carbocycles. The Morgan fingerprint density at radius 1 is 1.23 bits per heavy atom. The minimum atomic E-state index is -0.410. The molecule has 2 N–H and O–H groups in total. The second-order valence-corrected chi connectivity index (χ2v) is 6.47. The Labute approximate surface area is 134 Å². The van der Waals surface area contributed by atoms with E-state index in [2.05, 4.69) is 12.2 Å². The quantitative estimate of drug-likeness (QED) is 0.859. The van der Waals surface area contributed by atoms with Crippen molar-refractivity contribution in [3.8, 4) is 11.5 Å². The maximum absolute atomic E-state index is 10.2. The lowest BCUT2D eigenvalue weighted by molar-refractivity contribution is 0.156. The lowest BCUT2D eigenvalue weighted by Crippen LogP contribution is -2.28. The summed E-state index contributed by atoms with van der Waals surface area (Å²) < 4.78 is 11.3. The first-order valence-corrected chi connectivity index (χ1v) is 8.44. The van der Waals surface area contributed by atoms with Crippen LogP contribution in [-0.2, 0) is 6.54 Å². The topological polar surface area (TPSA) is 50.7 Å². The summed E-state index contributed by atoms with van der Waals surface area (Å²) in [6.07, 6.45) is 0.277. The molecule has 1 aromatic carbocycles. The number of fused-ring (bicyclic) bond motifs is 1. The van der Waals surface area contributed by atoms with E-state index in [0.29, 0.717) is 26.2 Å². The third-order valence-corrected chi connectivity index (χ3v) is 4.71. The van der Waals surface area contributed by atoms with E-state index in [-0.39, 0.29) is 6.04 Å². The summed E-state index contributed by atoms with van der Waals surface area (Å²) >= 11 is 1.59. The molecule has 1 aliphatic rings. The molecule has 3 rings (SSSR count). The van der Waals surface area contributed by atoms with Crippen LogP contribution in [-0.4, -0.2) is 24.4 Å². The Balaban J connectivity index is 1.56. The van der Waals surface area contributed by atoms with Gasteiger partial charge in [-0.2, -0.15) is 0 Å². The monoisotopic (exact) mass is 319 g/mol. The minimum absolute atomic E-state index is 0.206. The van der Waals surface area contributed by atoms with Crippen LogP contribution in [0.1, 0.15) is 29.9 Å². The standard InChI is InChI=1S/C17H21NO3S/c1-12(10-14(19)16-6-3-9-22-16)18-11-13-4-2-5-15-17(13)21-8-7-20-15/h2-6,9,12,14,18-19H,7-8,10-11H2,1H3. The summed E-state index contributed by atoms with van der Waals surface area (Å²) in [4.78, 5) is 1.02. The maximum Gasteiger partial charge on any atom is 0.165 e. The maximum atomic E-state index is 10.2. The van der Waals surface area contributed by atoms with Crippen molar-refractivity contribution in [2.75, 3.05) is 13.2 Å². The number of ether oxygens (including phenoxy) is 2. The highest BCUT2D eigenvalue weighted by Gasteiger charge is 2.17. The van der Waals surface area contributed by atoms with E-state index in [1.54, 1.807) is 11.3 Å². The molecule has 0 saturated carbocycles. The number of benzene rings is 1. The van der Waals surface area contributed by atoms with Crippen LogP contribution in [0.2, 0.25) is 0 Å². The zero-order chi connectivity index (χ0) is 15.4. The van der Waals surface area contributed by atoms with Gasteiger partial charge in [0.05, 0.1) is 6.10 Å². The highest BCUT2D eigenvalue weighted by atomic mass is 32.1. The summed E-state index contributed by atoms with van der Waals surface area (Å²) in [5.41, 5.74) is 1.09. The molecule has 0 bridgehead atoms. The summed E-state index contributed by atoms with van der Waals surface area (Å²) in [5, 5.41) is 15.6. The first kappa shape index (κ1) is 15.3. The van der Waals surface area contributed by atoms with Gasteiger partial charge >= 0.3 is 0 Å². The molecule has 2 unspecified atom stereocenters. The summed E-state index contributed by atoms with van der Waals surface area (Å²) in [5.74, 6) is 1.66. The average molecular weight is 319 g/mol. The highest BCUT2D eigenvalue weighted by molar-refractivity contribution is 7.10. The van der Waals surface area contributed by atoms with Crippen molar-refractivity contribution < 1.29 is 14.6 Å². The van der Waals surface area contributed by atoms with E-state index in [4.69, 9.17) is 9.47 Å². The zero-order valence-electron chi connectivity index (χ0n) is 12.6. The van der Waals surface area contributed by atoms with Crippen molar-refractivity contribution in [3.63, 3.8) is 0 Å². The van der Waals surface area contributed by atoms with Crippen LogP contribution in [0.3, 0.4) is 0 Å². The first-order valence-electron chi connectivity index (χ1n) is 7.56. The van der Waals surface area contributed by atoms with Crippen LogP contribution in [0.15, 0.2) is 35.7 Å². The molecule has 0 spiro atoms. The number of para-hydroxylation sites is 1. The van der Waals surface area contributed by atoms with Crippen molar-refractivity contribution in [3.05, 3.63) is 46.2 Å². The fourth-order valence-electron chi connectivity index (χ4n) is 2.57. The summed E-state index contributed by atoms with van der Waals surface area (Å²) in [7, 11) is 0. The normalized spacial score (nSPS) is 16.3. The molecule has 118 valence electrons. The van der Waals surface area contributed by atoms with Gasteiger partial charge in [-0.25, -0.2) is 0 Å². The second kappa shape index (κ2) is 7.13. The van der Waals surface area contributed by atoms with Gasteiger partial charge in [-0.05, 0) is 30.9 Å². The average Bonchev–Trinajstić information content (AvgIpc) is 3.07. The number of thiophene rings is 1. The van der Waals surface area contributed by atoms with E-state index in [9.17, 15) is 5.11 Å². The van der Waals surface area contributed by atoms with Crippen molar-refractivity contribution in [1.29, 1.82) is 0 Å². The van der Waals surface area contributed by atoms with Gasteiger partial charge in [0.1, 0.15) is 13.2 Å². The van der Waals surface area contributed by atoms with Crippen LogP contribution in [0, 0.1) is 0 Å². The van der Waals surface area contributed by atoms with Gasteiger partial charge in [0.2, 0.25) is 0 Å². The van der Waals surface area contributed by atoms with Gasteiger partial charge in [0.25, 0.3) is 0 Å². The van der Waals surface area contributed by atoms with Gasteiger partial charge in [-0.1, -0.05) is 18.2 Å². The Hall–Kier alpha value is -1.56. The minimum Gasteiger partial charge on any atom is -0.486 e. The third kappa shape index (κ3) is 3.61. The smallest absolute Gasteiger partial charge is 0.165 e. The zero-order valence-corrected chi connectivity index (χ0v) is 13.4. The fourth-order valence-corrected chi connectivity index (χ4v) is 3.30. The Morgan fingerprint density at radius 3 is 2.91 bits per heavy atom. The number of hydrogen-bond acceptors (Lipinski definition) is 5. The van der Waals surface area contributed by atoms with Gasteiger partial charge < -0.3 is 19.9 Å². The lowest BCUT2D eigenvalue weighted by atomic mass is 10.1. The molecule has 1 aliphatic heterocycles. The number of aliphatic hydroxyl groups excluding tert-OH is 1. The van der Waals surface area contributed by atoms with E-state index >= 15 is 0 Å². The van der Waals surface area contributed by atoms with E-state index < -0.39 is 6.10 Å². The van der Waals surface area contributed by atoms with Crippen LogP contribution >= 0.6 is 11.3 Å². The molecule has 5 heteroatoms. The van der Waals surface area contributed by atoms with Crippen LogP contribution in [0.25, 0.3) is 0 Å². The SMILES string of the molecule is CC(CC(O)c1cccs1)NCc1cccc2c1OCCO2. The Bertz CT molecular complexity index is 600. The molecule has 0 fully saturated rings. The van der Waals surface area contributed by atoms with Crippen LogP contribution in [0.4, 0.5) is 0 Å². The van der Waals surface area contributed by atoms with Crippen molar-refractivity contribution >= 4 is 11.3 Å². The molecular formula is C17H21NO3S. The van der Waals surface area contributed by atoms with Gasteiger partial charge in [-0.15, -0.1) is 11.3 Å². The molecule has 0 saturated heterocycles. The highest BCUT2D eigenvalue weighted by Crippen LogP contribution is 2.33. The second-order valence-electron chi connectivity index (χ2n) is 5.49. The van der Waals surface area contributed by atoms with E-state index in [1.807, 2.05) is 35.7 Å². The first-order chi connectivity index (χ1) is 10.7. The predicted molar refractivity (Wildman–Crippen MR) is 87.6 cm³/mol. The van der Waals surface area contributed by atoms with Crippen molar-refractivity contribution in [1.82, 2.24) is 5.32 Å². The largest absolute Gasteiger partial charge is 0.486 e. The molecule has 2 heterocycles. The van der Waals surface area contributed by atoms with Crippen LogP contribution in [0.5, 0.6) is 11.5 Å². The van der Waals surface area contributed by atoms with E-state index in [1.165, 1.54) is 0 Å². The lowest BCUT2D eigenvalue weighted by Gasteiger charge is -2.22. The van der Waals surface area contributed by atoms with Gasteiger partial charge in [0, 0.05) is 23.0 Å². The molecule has 2 aromatic rings. The number of nitrogens with one attached hydrogen (secondary N) is 1. The Kier molecular flexibility index (Phi) is 4.97. The van der Waals surface area contributed by atoms with Gasteiger partial charge in [-0.3, -0.25) is 0 Å². The molecule has 1 aromatic heterocycles. The van der Waals surface area contributed by atoms with Crippen molar-refractivity contribution in [2.45, 2.75) is 32.0 Å². The van der Waals surface area contributed by atoms with Crippen molar-refractivity contribution in [2.24, 2.45) is 0 Å². The van der Waals surface area contributed by atoms with E-state index in [0.717, 1.165) is 21.9 Å². The third-order valence-electron chi connectivity index (χ3n) is 3.74. The number of aliphatic hydroxyl groups is 1. The molecular weight excluding hydrogens is 298 g/mol. The molecule has 22 heavy (non-hydrogen) atoms. The number of rotatable bonds is 6. The van der Waals surface area contributed by atoms with Crippen LogP contribution < -0.4 is 14.8 Å². The molecule has 0 amide bonds. The fraction of sp³-hybridized carbons (Fsp3) is 0.412. The number of hydrogen-bond donors (Lipinski definition) is 2.